The van der Waals surface area contributed by atoms with Crippen molar-refractivity contribution in [1.29, 1.82) is 0 Å². The first-order chi connectivity index (χ1) is 7.87. The topological polar surface area (TPSA) is 34.4 Å². The highest BCUT2D eigenvalue weighted by atomic mass is 19.4. The van der Waals surface area contributed by atoms with Gasteiger partial charge in [0.15, 0.2) is 0 Å². The van der Waals surface area contributed by atoms with Crippen LogP contribution >= 0.6 is 0 Å². The third-order valence-electron chi connectivity index (χ3n) is 1.91. The second-order valence-electron chi connectivity index (χ2n) is 4.01. The molecule has 0 aliphatic heterocycles. The Bertz CT molecular complexity index is 334. The van der Waals surface area contributed by atoms with E-state index in [0.717, 1.165) is 0 Å². The van der Waals surface area contributed by atoms with Gasteiger partial charge in [-0.25, -0.2) is 0 Å². The molecule has 1 rings (SSSR count). The molecule has 6 heteroatoms. The van der Waals surface area contributed by atoms with Crippen LogP contribution in [0.5, 0.6) is 0 Å². The summed E-state index contributed by atoms with van der Waals surface area (Å²) in [5.41, 5.74) is 0. The van der Waals surface area contributed by atoms with Gasteiger partial charge in [-0.15, -0.1) is 0 Å². The summed E-state index contributed by atoms with van der Waals surface area (Å²) in [6.07, 6.45) is -4.30. The molecule has 1 heterocycles. The van der Waals surface area contributed by atoms with Crippen LogP contribution in [0, 0.1) is 0 Å². The molecule has 3 nitrogen and oxygen atoms in total. The van der Waals surface area contributed by atoms with E-state index in [9.17, 15) is 13.2 Å². The Morgan fingerprint density at radius 3 is 2.53 bits per heavy atom. The van der Waals surface area contributed by atoms with E-state index >= 15 is 0 Å². The average molecular weight is 251 g/mol. The third-order valence-corrected chi connectivity index (χ3v) is 1.91. The molecule has 0 aliphatic carbocycles. The van der Waals surface area contributed by atoms with Crippen LogP contribution in [0.1, 0.15) is 25.4 Å². The number of rotatable bonds is 6. The zero-order valence-electron chi connectivity index (χ0n) is 9.80. The summed E-state index contributed by atoms with van der Waals surface area (Å²) in [5, 5.41) is 3.14. The van der Waals surface area contributed by atoms with Gasteiger partial charge in [0.25, 0.3) is 0 Å². The molecule has 1 aromatic rings. The van der Waals surface area contributed by atoms with Gasteiger partial charge in [-0.3, -0.25) is 0 Å². The first-order valence-corrected chi connectivity index (χ1v) is 5.32. The number of nitrogens with one attached hydrogen (secondary N) is 1. The predicted octanol–water partition coefficient (Wildman–Crippen LogP) is 2.86. The lowest BCUT2D eigenvalue weighted by Gasteiger charge is -2.06. The normalized spacial score (nSPS) is 12.4. The molecule has 98 valence electrons. The van der Waals surface area contributed by atoms with E-state index in [1.54, 1.807) is 12.1 Å². The summed E-state index contributed by atoms with van der Waals surface area (Å²) in [5.74, 6) is 1.08. The molecule has 17 heavy (non-hydrogen) atoms. The molecule has 0 spiro atoms. The van der Waals surface area contributed by atoms with Gasteiger partial charge in [-0.1, -0.05) is 13.8 Å². The third kappa shape index (κ3) is 6.33. The maximum absolute atomic E-state index is 11.8. The van der Waals surface area contributed by atoms with Gasteiger partial charge in [0.05, 0.1) is 6.54 Å². The summed E-state index contributed by atoms with van der Waals surface area (Å²) in [7, 11) is 0. The summed E-state index contributed by atoms with van der Waals surface area (Å²) in [6, 6.07) is 3.67. The number of hydrogen-bond donors (Lipinski definition) is 1. The molecule has 1 N–H and O–H groups in total. The van der Waals surface area contributed by atoms with Gasteiger partial charge in [0, 0.05) is 6.04 Å². The van der Waals surface area contributed by atoms with E-state index in [1.807, 2.05) is 13.8 Å². The number of ether oxygens (including phenoxy) is 1. The van der Waals surface area contributed by atoms with Gasteiger partial charge in [-0.05, 0) is 12.1 Å². The van der Waals surface area contributed by atoms with E-state index in [2.05, 4.69) is 10.1 Å². The van der Waals surface area contributed by atoms with Crippen molar-refractivity contribution in [3.63, 3.8) is 0 Å². The van der Waals surface area contributed by atoms with E-state index in [-0.39, 0.29) is 6.61 Å². The quantitative estimate of drug-likeness (QED) is 0.844. The molecule has 0 unspecified atom stereocenters. The van der Waals surface area contributed by atoms with Gasteiger partial charge in [-0.2, -0.15) is 13.2 Å². The highest BCUT2D eigenvalue weighted by molar-refractivity contribution is 5.06. The van der Waals surface area contributed by atoms with Crippen LogP contribution in [0.3, 0.4) is 0 Å². The van der Waals surface area contributed by atoms with E-state index in [0.29, 0.717) is 24.1 Å². The van der Waals surface area contributed by atoms with Crippen LogP contribution in [0.15, 0.2) is 16.5 Å². The van der Waals surface area contributed by atoms with Crippen molar-refractivity contribution in [2.45, 2.75) is 39.2 Å². The van der Waals surface area contributed by atoms with Gasteiger partial charge in [0.1, 0.15) is 24.7 Å². The number of furan rings is 1. The molecule has 0 atom stereocenters. The van der Waals surface area contributed by atoms with Crippen LogP contribution in [0.2, 0.25) is 0 Å². The maximum atomic E-state index is 11.8. The van der Waals surface area contributed by atoms with Crippen LogP contribution in [-0.2, 0) is 17.9 Å². The summed E-state index contributed by atoms with van der Waals surface area (Å²) >= 11 is 0. The fraction of sp³-hybridized carbons (Fsp3) is 0.636. The lowest BCUT2D eigenvalue weighted by Crippen LogP contribution is -2.21. The molecule has 0 fully saturated rings. The molecule has 0 aromatic carbocycles. The van der Waals surface area contributed by atoms with Crippen LogP contribution in [0.4, 0.5) is 13.2 Å². The Balaban J connectivity index is 2.31. The Labute approximate surface area is 97.9 Å². The Kier molecular flexibility index (Phi) is 5.02. The lowest BCUT2D eigenvalue weighted by molar-refractivity contribution is -0.177. The Hall–Kier alpha value is -1.01. The Morgan fingerprint density at radius 2 is 1.94 bits per heavy atom. The maximum Gasteiger partial charge on any atom is 0.411 e. The first kappa shape index (κ1) is 14.1. The van der Waals surface area contributed by atoms with Gasteiger partial charge >= 0.3 is 6.18 Å². The number of halogens is 3. The fourth-order valence-corrected chi connectivity index (χ4v) is 1.17. The number of hydrogen-bond acceptors (Lipinski definition) is 3. The van der Waals surface area contributed by atoms with Crippen molar-refractivity contribution in [1.82, 2.24) is 5.32 Å². The molecule has 0 saturated heterocycles. The van der Waals surface area contributed by atoms with Crippen molar-refractivity contribution in [2.24, 2.45) is 0 Å². The van der Waals surface area contributed by atoms with Crippen molar-refractivity contribution in [3.05, 3.63) is 23.7 Å². The zero-order valence-corrected chi connectivity index (χ0v) is 9.80. The Morgan fingerprint density at radius 1 is 1.29 bits per heavy atom. The molecular formula is C11H16F3NO2. The highest BCUT2D eigenvalue weighted by Crippen LogP contribution is 2.16. The minimum atomic E-state index is -4.30. The molecule has 0 bridgehead atoms. The number of alkyl halides is 3. The fourth-order valence-electron chi connectivity index (χ4n) is 1.17. The van der Waals surface area contributed by atoms with Crippen molar-refractivity contribution >= 4 is 0 Å². The van der Waals surface area contributed by atoms with Crippen LogP contribution in [-0.4, -0.2) is 18.8 Å². The molecule has 0 amide bonds. The summed E-state index contributed by atoms with van der Waals surface area (Å²) in [4.78, 5) is 0. The lowest BCUT2D eigenvalue weighted by atomic mass is 10.3. The first-order valence-electron chi connectivity index (χ1n) is 5.32. The second-order valence-corrected chi connectivity index (χ2v) is 4.01. The minimum Gasteiger partial charge on any atom is -0.462 e. The SMILES string of the molecule is CC(C)NCc1ccc(COCC(F)(F)F)o1. The standard InChI is InChI=1S/C11H16F3NO2/c1-8(2)15-5-9-3-4-10(17-9)6-16-7-11(12,13)14/h3-4,8,15H,5-7H2,1-2H3. The van der Waals surface area contributed by atoms with Crippen LogP contribution in [0.25, 0.3) is 0 Å². The molecular weight excluding hydrogens is 235 g/mol. The average Bonchev–Trinajstić information content (AvgIpc) is 2.61. The smallest absolute Gasteiger partial charge is 0.411 e. The second kappa shape index (κ2) is 6.07. The van der Waals surface area contributed by atoms with Crippen molar-refractivity contribution in [3.8, 4) is 0 Å². The van der Waals surface area contributed by atoms with E-state index in [4.69, 9.17) is 4.42 Å². The zero-order chi connectivity index (χ0) is 12.9. The monoisotopic (exact) mass is 251 g/mol. The van der Waals surface area contributed by atoms with Gasteiger partial charge in [0.2, 0.25) is 0 Å². The molecule has 0 saturated carbocycles. The minimum absolute atomic E-state index is 0.165. The largest absolute Gasteiger partial charge is 0.462 e. The molecule has 0 aliphatic rings. The predicted molar refractivity (Wildman–Crippen MR) is 56.4 cm³/mol. The van der Waals surface area contributed by atoms with E-state index < -0.39 is 12.8 Å². The molecule has 1 aromatic heterocycles. The summed E-state index contributed by atoms with van der Waals surface area (Å²) in [6.45, 7) is 3.12. The van der Waals surface area contributed by atoms with Crippen molar-refractivity contribution in [2.75, 3.05) is 6.61 Å². The molecule has 0 radical (unpaired) electrons. The van der Waals surface area contributed by atoms with Gasteiger partial charge < -0.3 is 14.5 Å². The van der Waals surface area contributed by atoms with Crippen molar-refractivity contribution < 1.29 is 22.3 Å². The van der Waals surface area contributed by atoms with E-state index in [1.165, 1.54) is 0 Å². The highest BCUT2D eigenvalue weighted by Gasteiger charge is 2.27. The summed E-state index contributed by atoms with van der Waals surface area (Å²) < 4.78 is 45.2. The van der Waals surface area contributed by atoms with Crippen LogP contribution < -0.4 is 5.32 Å².